The van der Waals surface area contributed by atoms with Crippen LogP contribution in [0.15, 0.2) is 18.2 Å². The van der Waals surface area contributed by atoms with E-state index in [0.717, 1.165) is 22.7 Å². The molecule has 0 saturated heterocycles. The van der Waals surface area contributed by atoms with Crippen LogP contribution < -0.4 is 0 Å². The first-order valence-corrected chi connectivity index (χ1v) is 7.36. The Hall–Kier alpha value is -1.59. The molecule has 0 unspecified atom stereocenters. The van der Waals surface area contributed by atoms with Gasteiger partial charge in [-0.2, -0.15) is 5.10 Å². The van der Waals surface area contributed by atoms with E-state index in [1.54, 1.807) is 10.7 Å². The molecule has 7 heteroatoms. The molecule has 21 heavy (non-hydrogen) atoms. The van der Waals surface area contributed by atoms with E-state index in [9.17, 15) is 4.39 Å². The average Bonchev–Trinajstić information content (AvgIpc) is 2.93. The summed E-state index contributed by atoms with van der Waals surface area (Å²) in [5.74, 6) is 0.746. The highest BCUT2D eigenvalue weighted by molar-refractivity contribution is 6.30. The molecule has 0 fully saturated rings. The zero-order chi connectivity index (χ0) is 15.1. The lowest BCUT2D eigenvalue weighted by Gasteiger charge is -2.09. The van der Waals surface area contributed by atoms with Crippen LogP contribution in [0.1, 0.15) is 11.5 Å². The van der Waals surface area contributed by atoms with Crippen LogP contribution in [-0.4, -0.2) is 25.2 Å². The third kappa shape index (κ3) is 2.30. The quantitative estimate of drug-likeness (QED) is 0.689. The summed E-state index contributed by atoms with van der Waals surface area (Å²) >= 11 is 11.6. The molecule has 0 spiro atoms. The lowest BCUT2D eigenvalue weighted by molar-refractivity contribution is 0.626. The van der Waals surface area contributed by atoms with E-state index in [1.807, 2.05) is 18.5 Å². The molecule has 0 N–H and O–H groups in total. The summed E-state index contributed by atoms with van der Waals surface area (Å²) in [6.45, 7) is 1.90. The van der Waals surface area contributed by atoms with Gasteiger partial charge in [0, 0.05) is 19.3 Å². The van der Waals surface area contributed by atoms with Crippen molar-refractivity contribution < 1.29 is 4.39 Å². The van der Waals surface area contributed by atoms with Gasteiger partial charge < -0.3 is 0 Å². The molecule has 3 aromatic rings. The summed E-state index contributed by atoms with van der Waals surface area (Å²) in [6, 6.07) is 4.68. The lowest BCUT2D eigenvalue weighted by atomic mass is 10.3. The summed E-state index contributed by atoms with van der Waals surface area (Å²) in [5, 5.41) is 4.45. The Bertz CT molecular complexity index is 822. The van der Waals surface area contributed by atoms with Crippen molar-refractivity contribution in [3.63, 3.8) is 0 Å². The van der Waals surface area contributed by atoms with Crippen molar-refractivity contribution in [2.75, 3.05) is 5.88 Å². The van der Waals surface area contributed by atoms with Crippen LogP contribution in [0.25, 0.3) is 16.9 Å². The molecule has 0 saturated carbocycles. The van der Waals surface area contributed by atoms with Gasteiger partial charge in [-0.1, -0.05) is 11.6 Å². The SMILES string of the molecule is Cc1nn(C)c2c1nc(CCCl)n2-c1ccc(Cl)c(F)c1. The highest BCUT2D eigenvalue weighted by Crippen LogP contribution is 2.26. The number of hydrogen-bond acceptors (Lipinski definition) is 2. The first-order chi connectivity index (χ1) is 10.0. The maximum atomic E-state index is 13.8. The first-order valence-electron chi connectivity index (χ1n) is 6.45. The Kier molecular flexibility index (Phi) is 3.63. The van der Waals surface area contributed by atoms with Crippen LogP contribution in [0.5, 0.6) is 0 Å². The zero-order valence-electron chi connectivity index (χ0n) is 11.6. The Morgan fingerprint density at radius 3 is 2.76 bits per heavy atom. The molecule has 0 aliphatic heterocycles. The predicted molar refractivity (Wildman–Crippen MR) is 82.0 cm³/mol. The Morgan fingerprint density at radius 1 is 1.33 bits per heavy atom. The molecule has 0 amide bonds. The molecule has 110 valence electrons. The van der Waals surface area contributed by atoms with Crippen LogP contribution in [0, 0.1) is 12.7 Å². The van der Waals surface area contributed by atoms with Gasteiger partial charge in [-0.05, 0) is 25.1 Å². The van der Waals surface area contributed by atoms with Crippen LogP contribution in [0.2, 0.25) is 5.02 Å². The molecule has 0 radical (unpaired) electrons. The van der Waals surface area contributed by atoms with Crippen LogP contribution >= 0.6 is 23.2 Å². The fraction of sp³-hybridized carbons (Fsp3) is 0.286. The Balaban J connectivity index is 2.32. The number of aryl methyl sites for hydroxylation is 3. The van der Waals surface area contributed by atoms with Gasteiger partial charge in [-0.25, -0.2) is 14.1 Å². The average molecular weight is 327 g/mol. The first kappa shape index (κ1) is 14.4. The summed E-state index contributed by atoms with van der Waals surface area (Å²) in [4.78, 5) is 4.59. The number of fused-ring (bicyclic) bond motifs is 1. The largest absolute Gasteiger partial charge is 0.281 e. The second-order valence-electron chi connectivity index (χ2n) is 4.78. The topological polar surface area (TPSA) is 35.6 Å². The second-order valence-corrected chi connectivity index (χ2v) is 5.57. The van der Waals surface area contributed by atoms with E-state index in [-0.39, 0.29) is 5.02 Å². The number of nitrogens with zero attached hydrogens (tertiary/aromatic N) is 4. The molecule has 0 aliphatic carbocycles. The Labute approximate surface area is 131 Å². The molecule has 2 heterocycles. The van der Waals surface area contributed by atoms with E-state index < -0.39 is 5.82 Å². The highest BCUT2D eigenvalue weighted by atomic mass is 35.5. The van der Waals surface area contributed by atoms with Crippen molar-refractivity contribution in [3.8, 4) is 5.69 Å². The monoisotopic (exact) mass is 326 g/mol. The van der Waals surface area contributed by atoms with Gasteiger partial charge in [-0.15, -0.1) is 11.6 Å². The number of rotatable bonds is 3. The number of hydrogen-bond donors (Lipinski definition) is 0. The summed E-state index contributed by atoms with van der Waals surface area (Å²) in [5.41, 5.74) is 3.10. The number of benzene rings is 1. The zero-order valence-corrected chi connectivity index (χ0v) is 13.1. The minimum Gasteiger partial charge on any atom is -0.281 e. The summed E-state index contributed by atoms with van der Waals surface area (Å²) in [7, 11) is 1.84. The van der Waals surface area contributed by atoms with Gasteiger partial charge in [0.15, 0.2) is 5.65 Å². The van der Waals surface area contributed by atoms with Gasteiger partial charge in [0.25, 0.3) is 0 Å². The predicted octanol–water partition coefficient (Wildman–Crippen LogP) is 3.64. The van der Waals surface area contributed by atoms with Gasteiger partial charge in [-0.3, -0.25) is 4.57 Å². The maximum absolute atomic E-state index is 13.8. The third-order valence-electron chi connectivity index (χ3n) is 3.35. The molecule has 3 rings (SSSR count). The maximum Gasteiger partial charge on any atom is 0.163 e. The van der Waals surface area contributed by atoms with Gasteiger partial charge >= 0.3 is 0 Å². The van der Waals surface area contributed by atoms with E-state index >= 15 is 0 Å². The minimum absolute atomic E-state index is 0.0928. The molecule has 0 atom stereocenters. The van der Waals surface area contributed by atoms with E-state index in [0.29, 0.717) is 18.0 Å². The van der Waals surface area contributed by atoms with Crippen molar-refractivity contribution in [2.24, 2.45) is 7.05 Å². The van der Waals surface area contributed by atoms with E-state index in [1.165, 1.54) is 12.1 Å². The number of aromatic nitrogens is 4. The fourth-order valence-corrected chi connectivity index (χ4v) is 2.75. The van der Waals surface area contributed by atoms with Crippen molar-refractivity contribution in [1.29, 1.82) is 0 Å². The molecule has 1 aromatic carbocycles. The molecule has 2 aromatic heterocycles. The third-order valence-corrected chi connectivity index (χ3v) is 3.85. The fourth-order valence-electron chi connectivity index (χ4n) is 2.47. The lowest BCUT2D eigenvalue weighted by Crippen LogP contribution is -2.06. The van der Waals surface area contributed by atoms with Crippen molar-refractivity contribution in [1.82, 2.24) is 19.3 Å². The standard InChI is InChI=1S/C14H13Cl2FN4/c1-8-13-14(20(2)19-8)21(12(18-13)5-6-15)9-3-4-10(16)11(17)7-9/h3-4,7H,5-6H2,1-2H3. The molecular weight excluding hydrogens is 314 g/mol. The van der Waals surface area contributed by atoms with Gasteiger partial charge in [0.05, 0.1) is 16.4 Å². The van der Waals surface area contributed by atoms with Crippen molar-refractivity contribution >= 4 is 34.4 Å². The van der Waals surface area contributed by atoms with Gasteiger partial charge in [0.2, 0.25) is 0 Å². The molecule has 0 bridgehead atoms. The molecule has 4 nitrogen and oxygen atoms in total. The van der Waals surface area contributed by atoms with Crippen LogP contribution in [0.3, 0.4) is 0 Å². The second kappa shape index (κ2) is 5.31. The van der Waals surface area contributed by atoms with Gasteiger partial charge in [0.1, 0.15) is 17.2 Å². The van der Waals surface area contributed by atoms with Crippen molar-refractivity contribution in [2.45, 2.75) is 13.3 Å². The normalized spacial score (nSPS) is 11.5. The number of imidazole rings is 1. The minimum atomic E-state index is -0.466. The number of alkyl halides is 1. The summed E-state index contributed by atoms with van der Waals surface area (Å²) < 4.78 is 17.4. The van der Waals surface area contributed by atoms with E-state index in [4.69, 9.17) is 23.2 Å². The smallest absolute Gasteiger partial charge is 0.163 e. The summed E-state index contributed by atoms with van der Waals surface area (Å²) in [6.07, 6.45) is 0.583. The molecule has 0 aliphatic rings. The van der Waals surface area contributed by atoms with Crippen LogP contribution in [0.4, 0.5) is 4.39 Å². The Morgan fingerprint density at radius 2 is 2.10 bits per heavy atom. The van der Waals surface area contributed by atoms with Crippen LogP contribution in [-0.2, 0) is 13.5 Å². The highest BCUT2D eigenvalue weighted by Gasteiger charge is 2.18. The molecular formula is C14H13Cl2FN4. The van der Waals surface area contributed by atoms with Crippen molar-refractivity contribution in [3.05, 3.63) is 40.6 Å². The van der Waals surface area contributed by atoms with E-state index in [2.05, 4.69) is 10.1 Å². The number of halogens is 3.